The molecule has 1 amide bonds. The monoisotopic (exact) mass is 209 g/mol. The lowest BCUT2D eigenvalue weighted by Gasteiger charge is -2.11. The number of aliphatic hydroxyl groups excluding tert-OH is 1. The van der Waals surface area contributed by atoms with Gasteiger partial charge in [-0.05, 0) is 31.5 Å². The molecule has 1 aromatic carbocycles. The van der Waals surface area contributed by atoms with E-state index in [1.807, 2.05) is 0 Å². The number of aromatic hydroxyl groups is 1. The van der Waals surface area contributed by atoms with Gasteiger partial charge in [-0.1, -0.05) is 6.07 Å². The van der Waals surface area contributed by atoms with Crippen LogP contribution in [-0.2, 0) is 0 Å². The van der Waals surface area contributed by atoms with E-state index in [2.05, 4.69) is 5.32 Å². The molecule has 82 valence electrons. The number of aryl methyl sites for hydroxylation is 1. The second-order valence-electron chi connectivity index (χ2n) is 3.56. The molecule has 0 saturated carbocycles. The highest BCUT2D eigenvalue weighted by atomic mass is 16.3. The number of nitrogens with one attached hydrogen (secondary N) is 1. The number of phenolic OH excluding ortho intramolecular Hbond substituents is 1. The molecule has 1 atom stereocenters. The van der Waals surface area contributed by atoms with Gasteiger partial charge in [0.1, 0.15) is 5.75 Å². The summed E-state index contributed by atoms with van der Waals surface area (Å²) in [7, 11) is 0. The van der Waals surface area contributed by atoms with E-state index in [9.17, 15) is 9.90 Å². The van der Waals surface area contributed by atoms with Crippen molar-refractivity contribution in [2.24, 2.45) is 0 Å². The first kappa shape index (κ1) is 11.5. The fraction of sp³-hybridized carbons (Fsp3) is 0.364. The highest BCUT2D eigenvalue weighted by Crippen LogP contribution is 2.17. The van der Waals surface area contributed by atoms with Crippen molar-refractivity contribution in [3.8, 4) is 5.75 Å². The number of phenols is 1. The van der Waals surface area contributed by atoms with Crippen LogP contribution >= 0.6 is 0 Å². The summed E-state index contributed by atoms with van der Waals surface area (Å²) < 4.78 is 0. The molecule has 4 heteroatoms. The van der Waals surface area contributed by atoms with Crippen LogP contribution in [0.2, 0.25) is 0 Å². The number of aliphatic hydroxyl groups is 1. The minimum absolute atomic E-state index is 0.0966. The van der Waals surface area contributed by atoms with E-state index in [1.54, 1.807) is 26.0 Å². The van der Waals surface area contributed by atoms with Crippen molar-refractivity contribution in [2.45, 2.75) is 19.9 Å². The van der Waals surface area contributed by atoms with Crippen LogP contribution in [0.4, 0.5) is 0 Å². The average molecular weight is 209 g/mol. The zero-order chi connectivity index (χ0) is 11.4. The number of carbonyl (C=O) groups excluding carboxylic acids is 1. The molecule has 1 rings (SSSR count). The standard InChI is InChI=1S/C11H15NO3/c1-7-3-4-9(5-10(7)14)11(15)12-8(2)6-13/h3-5,8,13-14H,6H2,1-2H3,(H,12,15). The van der Waals surface area contributed by atoms with Gasteiger partial charge in [0.05, 0.1) is 6.61 Å². The van der Waals surface area contributed by atoms with Crippen LogP contribution in [0.3, 0.4) is 0 Å². The van der Waals surface area contributed by atoms with Crippen LogP contribution < -0.4 is 5.32 Å². The topological polar surface area (TPSA) is 69.6 Å². The third-order valence-electron chi connectivity index (χ3n) is 2.12. The Morgan fingerprint density at radius 1 is 1.53 bits per heavy atom. The summed E-state index contributed by atoms with van der Waals surface area (Å²) in [6.07, 6.45) is 0. The molecule has 1 aromatic rings. The Bertz CT molecular complexity index is 363. The third kappa shape index (κ3) is 2.95. The summed E-state index contributed by atoms with van der Waals surface area (Å²) in [5.41, 5.74) is 1.11. The number of amides is 1. The van der Waals surface area contributed by atoms with Crippen LogP contribution in [0.5, 0.6) is 5.75 Å². The summed E-state index contributed by atoms with van der Waals surface area (Å²) in [4.78, 5) is 11.5. The minimum Gasteiger partial charge on any atom is -0.508 e. The molecular weight excluding hydrogens is 194 g/mol. The van der Waals surface area contributed by atoms with E-state index >= 15 is 0 Å². The zero-order valence-corrected chi connectivity index (χ0v) is 8.82. The first-order chi connectivity index (χ1) is 7.04. The van der Waals surface area contributed by atoms with Crippen LogP contribution in [0, 0.1) is 6.92 Å². The maximum absolute atomic E-state index is 11.5. The summed E-state index contributed by atoms with van der Waals surface area (Å²) >= 11 is 0. The fourth-order valence-corrected chi connectivity index (χ4v) is 1.10. The van der Waals surface area contributed by atoms with Crippen LogP contribution in [0.1, 0.15) is 22.8 Å². The van der Waals surface area contributed by atoms with E-state index in [4.69, 9.17) is 5.11 Å². The molecule has 0 aliphatic rings. The van der Waals surface area contributed by atoms with E-state index in [0.29, 0.717) is 5.56 Å². The SMILES string of the molecule is Cc1ccc(C(=O)NC(C)CO)cc1O. The van der Waals surface area contributed by atoms with Crippen LogP contribution in [0.25, 0.3) is 0 Å². The molecule has 0 spiro atoms. The minimum atomic E-state index is -0.299. The Labute approximate surface area is 88.6 Å². The molecule has 0 fully saturated rings. The van der Waals surface area contributed by atoms with Crippen molar-refractivity contribution in [3.63, 3.8) is 0 Å². The fourth-order valence-electron chi connectivity index (χ4n) is 1.10. The van der Waals surface area contributed by atoms with E-state index < -0.39 is 0 Å². The first-order valence-corrected chi connectivity index (χ1v) is 4.76. The molecule has 0 aromatic heterocycles. The summed E-state index contributed by atoms with van der Waals surface area (Å²) in [6, 6.07) is 4.43. The molecule has 0 aliphatic heterocycles. The number of hydrogen-bond acceptors (Lipinski definition) is 3. The Morgan fingerprint density at radius 2 is 2.20 bits per heavy atom. The maximum Gasteiger partial charge on any atom is 0.251 e. The number of rotatable bonds is 3. The second-order valence-corrected chi connectivity index (χ2v) is 3.56. The highest BCUT2D eigenvalue weighted by Gasteiger charge is 2.09. The van der Waals surface area contributed by atoms with Crippen LogP contribution in [0.15, 0.2) is 18.2 Å². The second kappa shape index (κ2) is 4.79. The lowest BCUT2D eigenvalue weighted by atomic mass is 10.1. The lowest BCUT2D eigenvalue weighted by Crippen LogP contribution is -2.34. The van der Waals surface area contributed by atoms with E-state index in [1.165, 1.54) is 6.07 Å². The molecule has 0 saturated heterocycles. The van der Waals surface area contributed by atoms with Crippen molar-refractivity contribution >= 4 is 5.91 Å². The number of benzene rings is 1. The Morgan fingerprint density at radius 3 is 2.73 bits per heavy atom. The largest absolute Gasteiger partial charge is 0.508 e. The molecular formula is C11H15NO3. The smallest absolute Gasteiger partial charge is 0.251 e. The van der Waals surface area contributed by atoms with Crippen molar-refractivity contribution in [1.82, 2.24) is 5.32 Å². The molecule has 1 unspecified atom stereocenters. The summed E-state index contributed by atoms with van der Waals surface area (Å²) in [5, 5.41) is 20.8. The highest BCUT2D eigenvalue weighted by molar-refractivity contribution is 5.94. The predicted molar refractivity (Wildman–Crippen MR) is 56.9 cm³/mol. The molecule has 0 bridgehead atoms. The van der Waals surface area contributed by atoms with E-state index in [-0.39, 0.29) is 24.3 Å². The van der Waals surface area contributed by atoms with Gasteiger partial charge in [0.15, 0.2) is 0 Å². The maximum atomic E-state index is 11.5. The molecule has 15 heavy (non-hydrogen) atoms. The number of hydrogen-bond donors (Lipinski definition) is 3. The van der Waals surface area contributed by atoms with Gasteiger partial charge < -0.3 is 15.5 Å². The van der Waals surface area contributed by atoms with Crippen molar-refractivity contribution < 1.29 is 15.0 Å². The summed E-state index contributed by atoms with van der Waals surface area (Å²) in [5.74, 6) is -0.203. The van der Waals surface area contributed by atoms with Gasteiger partial charge in [-0.25, -0.2) is 0 Å². The predicted octanol–water partition coefficient (Wildman–Crippen LogP) is 0.811. The quantitative estimate of drug-likeness (QED) is 0.690. The van der Waals surface area contributed by atoms with Crippen LogP contribution in [-0.4, -0.2) is 28.8 Å². The average Bonchev–Trinajstić information content (AvgIpc) is 2.21. The Balaban J connectivity index is 2.78. The third-order valence-corrected chi connectivity index (χ3v) is 2.12. The Kier molecular flexibility index (Phi) is 3.68. The molecule has 0 radical (unpaired) electrons. The first-order valence-electron chi connectivity index (χ1n) is 4.76. The Hall–Kier alpha value is -1.55. The van der Waals surface area contributed by atoms with Crippen molar-refractivity contribution in [1.29, 1.82) is 0 Å². The molecule has 0 aliphatic carbocycles. The molecule has 4 nitrogen and oxygen atoms in total. The molecule has 3 N–H and O–H groups in total. The van der Waals surface area contributed by atoms with Crippen molar-refractivity contribution in [3.05, 3.63) is 29.3 Å². The lowest BCUT2D eigenvalue weighted by molar-refractivity contribution is 0.0922. The molecule has 0 heterocycles. The van der Waals surface area contributed by atoms with Gasteiger partial charge in [0.2, 0.25) is 0 Å². The van der Waals surface area contributed by atoms with Gasteiger partial charge in [-0.2, -0.15) is 0 Å². The van der Waals surface area contributed by atoms with Gasteiger partial charge in [-0.15, -0.1) is 0 Å². The van der Waals surface area contributed by atoms with Gasteiger partial charge in [-0.3, -0.25) is 4.79 Å². The van der Waals surface area contributed by atoms with Gasteiger partial charge >= 0.3 is 0 Å². The zero-order valence-electron chi connectivity index (χ0n) is 8.82. The normalized spacial score (nSPS) is 12.2. The van der Waals surface area contributed by atoms with Crippen molar-refractivity contribution in [2.75, 3.05) is 6.61 Å². The van der Waals surface area contributed by atoms with Gasteiger partial charge in [0.25, 0.3) is 5.91 Å². The summed E-state index contributed by atoms with van der Waals surface area (Å²) in [6.45, 7) is 3.35. The van der Waals surface area contributed by atoms with Gasteiger partial charge in [0, 0.05) is 11.6 Å². The van der Waals surface area contributed by atoms with E-state index in [0.717, 1.165) is 5.56 Å². The number of carbonyl (C=O) groups is 1.